The summed E-state index contributed by atoms with van der Waals surface area (Å²) in [4.78, 5) is 13.0. The molecule has 0 spiro atoms. The van der Waals surface area contributed by atoms with Gasteiger partial charge < -0.3 is 0 Å². The predicted molar refractivity (Wildman–Crippen MR) is 45.6 cm³/mol. The highest BCUT2D eigenvalue weighted by Gasteiger charge is 2.28. The average Bonchev–Trinajstić information content (AvgIpc) is 2.07. The van der Waals surface area contributed by atoms with Crippen molar-refractivity contribution < 1.29 is 13.7 Å². The van der Waals surface area contributed by atoms with E-state index in [-0.39, 0.29) is 5.56 Å². The van der Waals surface area contributed by atoms with Crippen LogP contribution in [0.1, 0.15) is 17.6 Å². The molecule has 14 heavy (non-hydrogen) atoms. The zero-order chi connectivity index (χ0) is 10.9. The summed E-state index contributed by atoms with van der Waals surface area (Å²) < 4.78 is 24.8. The van der Waals surface area contributed by atoms with Crippen molar-refractivity contribution in [2.75, 3.05) is 0 Å². The van der Waals surface area contributed by atoms with Gasteiger partial charge in [0.1, 0.15) is 10.7 Å². The Morgan fingerprint density at radius 3 is 2.57 bits per heavy atom. The van der Waals surface area contributed by atoms with Gasteiger partial charge in [-0.3, -0.25) is 10.1 Å². The fourth-order valence-corrected chi connectivity index (χ4v) is 1.25. The third-order valence-corrected chi connectivity index (χ3v) is 1.92. The standard InChI is InChI=1S/C7H5ClF2N2O2/c1-3-2-11-6(8)4(7(9)10)5(3)12(13)14/h2,7H,1H3. The molecule has 0 aliphatic rings. The molecule has 0 fully saturated rings. The highest BCUT2D eigenvalue weighted by atomic mass is 35.5. The third kappa shape index (κ3) is 1.79. The molecular weight excluding hydrogens is 218 g/mol. The second-order valence-electron chi connectivity index (χ2n) is 2.55. The maximum Gasteiger partial charge on any atom is 0.285 e. The van der Waals surface area contributed by atoms with Crippen molar-refractivity contribution in [2.24, 2.45) is 0 Å². The summed E-state index contributed by atoms with van der Waals surface area (Å²) in [5, 5.41) is 9.95. The lowest BCUT2D eigenvalue weighted by molar-refractivity contribution is -0.386. The molecule has 0 aliphatic heterocycles. The Hall–Kier alpha value is -1.30. The van der Waals surface area contributed by atoms with Crippen molar-refractivity contribution in [3.05, 3.63) is 32.6 Å². The van der Waals surface area contributed by atoms with Crippen molar-refractivity contribution in [3.8, 4) is 0 Å². The Bertz CT molecular complexity index is 384. The number of nitrogens with zero attached hydrogens (tertiary/aromatic N) is 2. The van der Waals surface area contributed by atoms with Crippen LogP contribution in [0.25, 0.3) is 0 Å². The van der Waals surface area contributed by atoms with Gasteiger partial charge in [-0.2, -0.15) is 0 Å². The Kier molecular flexibility index (Phi) is 2.95. The smallest absolute Gasteiger partial charge is 0.258 e. The van der Waals surface area contributed by atoms with Crippen molar-refractivity contribution in [2.45, 2.75) is 13.3 Å². The van der Waals surface area contributed by atoms with Gasteiger partial charge in [-0.25, -0.2) is 13.8 Å². The summed E-state index contributed by atoms with van der Waals surface area (Å²) in [5.74, 6) is 0. The molecule has 0 amide bonds. The molecule has 4 nitrogen and oxygen atoms in total. The molecule has 0 aliphatic carbocycles. The van der Waals surface area contributed by atoms with Crippen molar-refractivity contribution in [1.82, 2.24) is 4.98 Å². The van der Waals surface area contributed by atoms with Crippen LogP contribution in [0.2, 0.25) is 5.15 Å². The maximum absolute atomic E-state index is 12.4. The number of hydrogen-bond acceptors (Lipinski definition) is 3. The average molecular weight is 223 g/mol. The zero-order valence-electron chi connectivity index (χ0n) is 7.00. The zero-order valence-corrected chi connectivity index (χ0v) is 7.76. The minimum absolute atomic E-state index is 0.0645. The van der Waals surface area contributed by atoms with E-state index in [4.69, 9.17) is 11.6 Å². The van der Waals surface area contributed by atoms with Crippen LogP contribution in [-0.4, -0.2) is 9.91 Å². The van der Waals surface area contributed by atoms with Gasteiger partial charge >= 0.3 is 0 Å². The summed E-state index contributed by atoms with van der Waals surface area (Å²) in [5.41, 5.74) is -1.42. The highest BCUT2D eigenvalue weighted by Crippen LogP contribution is 2.35. The Labute approximate surface area is 82.7 Å². The van der Waals surface area contributed by atoms with E-state index in [1.165, 1.54) is 6.92 Å². The maximum atomic E-state index is 12.4. The molecule has 0 aromatic carbocycles. The number of alkyl halides is 2. The van der Waals surface area contributed by atoms with Gasteiger partial charge in [-0.05, 0) is 6.92 Å². The number of rotatable bonds is 2. The first-order valence-corrected chi connectivity index (χ1v) is 3.90. The second kappa shape index (κ2) is 3.83. The first kappa shape index (κ1) is 10.8. The van der Waals surface area contributed by atoms with E-state index >= 15 is 0 Å². The fourth-order valence-electron chi connectivity index (χ4n) is 1.03. The van der Waals surface area contributed by atoms with Gasteiger partial charge in [-0.15, -0.1) is 0 Å². The SMILES string of the molecule is Cc1cnc(Cl)c(C(F)F)c1[N+](=O)[O-]. The quantitative estimate of drug-likeness (QED) is 0.439. The number of aryl methyl sites for hydroxylation is 1. The summed E-state index contributed by atoms with van der Waals surface area (Å²) in [6.07, 6.45) is -1.91. The van der Waals surface area contributed by atoms with Crippen LogP contribution in [0.4, 0.5) is 14.5 Å². The first-order chi connectivity index (χ1) is 6.45. The second-order valence-corrected chi connectivity index (χ2v) is 2.91. The van der Waals surface area contributed by atoms with E-state index in [1.807, 2.05) is 0 Å². The minimum atomic E-state index is -3.00. The predicted octanol–water partition coefficient (Wildman–Crippen LogP) is 2.89. The van der Waals surface area contributed by atoms with E-state index in [0.717, 1.165) is 6.20 Å². The largest absolute Gasteiger partial charge is 0.285 e. The Morgan fingerprint density at radius 2 is 2.21 bits per heavy atom. The Morgan fingerprint density at radius 1 is 1.64 bits per heavy atom. The summed E-state index contributed by atoms with van der Waals surface area (Å²) in [6.45, 7) is 1.33. The summed E-state index contributed by atoms with van der Waals surface area (Å²) in [6, 6.07) is 0. The number of aromatic nitrogens is 1. The fraction of sp³-hybridized carbons (Fsp3) is 0.286. The molecule has 0 saturated heterocycles. The molecule has 0 saturated carbocycles. The van der Waals surface area contributed by atoms with E-state index in [2.05, 4.69) is 4.98 Å². The summed E-state index contributed by atoms with van der Waals surface area (Å²) >= 11 is 5.34. The number of pyridine rings is 1. The van der Waals surface area contributed by atoms with Crippen molar-refractivity contribution >= 4 is 17.3 Å². The molecule has 0 radical (unpaired) electrons. The summed E-state index contributed by atoms with van der Waals surface area (Å²) in [7, 11) is 0. The topological polar surface area (TPSA) is 56.0 Å². The normalized spacial score (nSPS) is 10.6. The van der Waals surface area contributed by atoms with Crippen LogP contribution in [0.5, 0.6) is 0 Å². The van der Waals surface area contributed by atoms with Gasteiger partial charge in [0.2, 0.25) is 0 Å². The van der Waals surface area contributed by atoms with Gasteiger partial charge in [0.05, 0.1) is 4.92 Å². The lowest BCUT2D eigenvalue weighted by Crippen LogP contribution is -2.01. The molecular formula is C7H5ClF2N2O2. The van der Waals surface area contributed by atoms with Gasteiger partial charge in [0.15, 0.2) is 0 Å². The van der Waals surface area contributed by atoms with Crippen molar-refractivity contribution in [1.29, 1.82) is 0 Å². The molecule has 7 heteroatoms. The third-order valence-electron chi connectivity index (χ3n) is 1.62. The van der Waals surface area contributed by atoms with Crippen molar-refractivity contribution in [3.63, 3.8) is 0 Å². The monoisotopic (exact) mass is 222 g/mol. The molecule has 0 atom stereocenters. The lowest BCUT2D eigenvalue weighted by Gasteiger charge is -2.05. The first-order valence-electron chi connectivity index (χ1n) is 3.52. The van der Waals surface area contributed by atoms with E-state index in [9.17, 15) is 18.9 Å². The van der Waals surface area contributed by atoms with Crippen LogP contribution in [0, 0.1) is 17.0 Å². The molecule has 0 bridgehead atoms. The minimum Gasteiger partial charge on any atom is -0.258 e. The molecule has 76 valence electrons. The van der Waals surface area contributed by atoms with Crippen LogP contribution >= 0.6 is 11.6 Å². The highest BCUT2D eigenvalue weighted by molar-refractivity contribution is 6.30. The number of nitro groups is 1. The lowest BCUT2D eigenvalue weighted by atomic mass is 10.1. The van der Waals surface area contributed by atoms with Crippen LogP contribution in [0.3, 0.4) is 0 Å². The molecule has 0 N–H and O–H groups in total. The van der Waals surface area contributed by atoms with Gasteiger partial charge in [0.25, 0.3) is 12.1 Å². The van der Waals surface area contributed by atoms with E-state index in [0.29, 0.717) is 0 Å². The van der Waals surface area contributed by atoms with Gasteiger partial charge in [0, 0.05) is 11.8 Å². The van der Waals surface area contributed by atoms with Gasteiger partial charge in [-0.1, -0.05) is 11.6 Å². The van der Waals surface area contributed by atoms with Crippen LogP contribution in [0.15, 0.2) is 6.20 Å². The van der Waals surface area contributed by atoms with Crippen LogP contribution in [-0.2, 0) is 0 Å². The number of hydrogen-bond donors (Lipinski definition) is 0. The number of halogens is 3. The molecule has 1 rings (SSSR count). The van der Waals surface area contributed by atoms with E-state index in [1.54, 1.807) is 0 Å². The molecule has 1 aromatic rings. The molecule has 1 heterocycles. The Balaban J connectivity index is 3.50. The van der Waals surface area contributed by atoms with E-state index < -0.39 is 27.8 Å². The molecule has 1 aromatic heterocycles. The van der Waals surface area contributed by atoms with Crippen LogP contribution < -0.4 is 0 Å². The molecule has 0 unspecified atom stereocenters.